The van der Waals surface area contributed by atoms with Crippen LogP contribution in [0.5, 0.6) is 0 Å². The number of nitrogens with zero attached hydrogens (tertiary/aromatic N) is 4. The second kappa shape index (κ2) is 21.0. The Balaban J connectivity index is 0.000000286. The molecule has 6 rings (SSSR count). The molecular formula is C40H33ClF12N6O5. The standard InChI is InChI=1S/C20H15F6N3O2.C13H11F6N3.C7H6O3.ClH/c1-12-17(27-18(30)7-6-15-3-2-8-31-15)11-29(28-12)10-13-4-5-14(19(21,22)23)9-16(13)20(24,25)26;1-7-11(20)6-22(21-7)5-8-2-3-9(12(14,15)16)4-10(8)13(17,18)19;8-7(9)4-3-6-2-1-5-10-6;/h2-9,11H,10H2,1H3,(H,27,30);2-4,6H,5,20H2,1H3;1-5H,(H,8,9);1H/b7-6+;;4-3+;. The SMILES string of the molecule is Cc1nn(Cc2ccc(C(F)(F)F)cc2C(F)(F)F)cc1N.Cc1nn(Cc2ccc(C(F)(F)F)cc2C(F)(F)F)cc1NC(=O)/C=C/c1ccco1.Cl.O=C(O)/C=C/c1ccco1. The van der Waals surface area contributed by atoms with Crippen LogP contribution in [0, 0.1) is 13.8 Å². The number of aryl methyl sites for hydroxylation is 2. The summed E-state index contributed by atoms with van der Waals surface area (Å²) in [6, 6.07) is 9.61. The molecule has 0 atom stereocenters. The highest BCUT2D eigenvalue weighted by molar-refractivity contribution is 6.02. The molecule has 0 saturated heterocycles. The number of carboxylic acid groups (broad SMARTS) is 1. The van der Waals surface area contributed by atoms with Crippen LogP contribution in [-0.4, -0.2) is 36.5 Å². The number of halogens is 13. The number of nitrogens with two attached hydrogens (primary N) is 1. The first kappa shape index (κ1) is 51.4. The summed E-state index contributed by atoms with van der Waals surface area (Å²) in [5.41, 5.74) is 0.647. The normalized spacial score (nSPS) is 12.0. The fourth-order valence-corrected chi connectivity index (χ4v) is 5.25. The van der Waals surface area contributed by atoms with Crippen molar-refractivity contribution in [2.45, 2.75) is 51.6 Å². The summed E-state index contributed by atoms with van der Waals surface area (Å²) in [4.78, 5) is 22.0. The number of nitrogen functional groups attached to an aromatic ring is 1. The summed E-state index contributed by atoms with van der Waals surface area (Å²) in [6.07, 6.45) is -9.03. The smallest absolute Gasteiger partial charge is 0.416 e. The highest BCUT2D eigenvalue weighted by Gasteiger charge is 2.39. The van der Waals surface area contributed by atoms with Crippen molar-refractivity contribution < 1.29 is 76.2 Å². The monoisotopic (exact) mass is 940 g/mol. The molecule has 0 aliphatic heterocycles. The van der Waals surface area contributed by atoms with Gasteiger partial charge < -0.3 is 25.0 Å². The first-order valence-corrected chi connectivity index (χ1v) is 17.6. The van der Waals surface area contributed by atoms with Crippen LogP contribution < -0.4 is 11.1 Å². The molecule has 4 heterocycles. The Morgan fingerprint density at radius 1 is 0.672 bits per heavy atom. The van der Waals surface area contributed by atoms with Crippen molar-refractivity contribution in [3.05, 3.63) is 154 Å². The third-order valence-corrected chi connectivity index (χ3v) is 8.21. The Bertz CT molecular complexity index is 2520. The number of aromatic nitrogens is 4. The van der Waals surface area contributed by atoms with Crippen LogP contribution in [0.4, 0.5) is 64.1 Å². The topological polar surface area (TPSA) is 154 Å². The van der Waals surface area contributed by atoms with E-state index < -0.39 is 70.9 Å². The number of nitrogens with one attached hydrogen (secondary N) is 1. The van der Waals surface area contributed by atoms with E-state index >= 15 is 0 Å². The fourth-order valence-electron chi connectivity index (χ4n) is 5.25. The molecule has 2 aromatic carbocycles. The maximum absolute atomic E-state index is 13.3. The number of hydrogen-bond donors (Lipinski definition) is 3. The average Bonchev–Trinajstić information content (AvgIpc) is 4.00. The molecule has 11 nitrogen and oxygen atoms in total. The largest absolute Gasteiger partial charge is 0.478 e. The Morgan fingerprint density at radius 3 is 1.48 bits per heavy atom. The summed E-state index contributed by atoms with van der Waals surface area (Å²) < 4.78 is 167. The number of hydrogen-bond acceptors (Lipinski definition) is 7. The number of anilines is 2. The molecule has 344 valence electrons. The minimum atomic E-state index is -4.98. The van der Waals surface area contributed by atoms with Crippen molar-refractivity contribution in [1.29, 1.82) is 0 Å². The third kappa shape index (κ3) is 15.2. The van der Waals surface area contributed by atoms with Crippen LogP contribution in [-0.2, 0) is 47.4 Å². The third-order valence-electron chi connectivity index (χ3n) is 8.21. The number of alkyl halides is 12. The van der Waals surface area contributed by atoms with Crippen molar-refractivity contribution >= 4 is 47.8 Å². The highest BCUT2D eigenvalue weighted by Crippen LogP contribution is 2.39. The lowest BCUT2D eigenvalue weighted by Gasteiger charge is -2.16. The molecule has 1 amide bonds. The van der Waals surface area contributed by atoms with Gasteiger partial charge in [-0.25, -0.2) is 4.79 Å². The minimum absolute atomic E-state index is 0. The number of carboxylic acids is 1. The van der Waals surface area contributed by atoms with Crippen molar-refractivity contribution in [2.24, 2.45) is 0 Å². The van der Waals surface area contributed by atoms with E-state index in [0.717, 1.165) is 27.6 Å². The van der Waals surface area contributed by atoms with Crippen LogP contribution >= 0.6 is 12.4 Å². The van der Waals surface area contributed by atoms with E-state index in [1.54, 1.807) is 31.2 Å². The van der Waals surface area contributed by atoms with Crippen LogP contribution in [0.1, 0.15) is 56.3 Å². The molecule has 4 aromatic heterocycles. The van der Waals surface area contributed by atoms with Gasteiger partial charge in [0.2, 0.25) is 5.91 Å². The zero-order chi connectivity index (χ0) is 46.9. The summed E-state index contributed by atoms with van der Waals surface area (Å²) >= 11 is 0. The lowest BCUT2D eigenvalue weighted by atomic mass is 10.0. The first-order chi connectivity index (χ1) is 29.2. The van der Waals surface area contributed by atoms with Gasteiger partial charge in [-0.3, -0.25) is 14.2 Å². The molecular weight excluding hydrogens is 908 g/mol. The molecule has 0 aliphatic rings. The van der Waals surface area contributed by atoms with Gasteiger partial charge in [0.15, 0.2) is 0 Å². The number of carbonyl (C=O) groups excluding carboxylic acids is 1. The van der Waals surface area contributed by atoms with Gasteiger partial charge in [0.25, 0.3) is 0 Å². The molecule has 6 aromatic rings. The van der Waals surface area contributed by atoms with Crippen LogP contribution in [0.15, 0.2) is 107 Å². The second-order valence-electron chi connectivity index (χ2n) is 13.0. The molecule has 0 bridgehead atoms. The van der Waals surface area contributed by atoms with Gasteiger partial charge in [0.1, 0.15) is 11.5 Å². The number of rotatable bonds is 9. The van der Waals surface area contributed by atoms with Crippen LogP contribution in [0.3, 0.4) is 0 Å². The number of amides is 1. The summed E-state index contributed by atoms with van der Waals surface area (Å²) in [5, 5.41) is 18.6. The quantitative estimate of drug-likeness (QED) is 0.0956. The average molecular weight is 941 g/mol. The lowest BCUT2D eigenvalue weighted by molar-refractivity contribution is -0.145. The molecule has 4 N–H and O–H groups in total. The van der Waals surface area contributed by atoms with E-state index in [1.165, 1.54) is 50.1 Å². The van der Waals surface area contributed by atoms with Crippen LogP contribution in [0.25, 0.3) is 12.2 Å². The number of aliphatic carboxylic acids is 1. The summed E-state index contributed by atoms with van der Waals surface area (Å²) in [5.74, 6) is -0.507. The summed E-state index contributed by atoms with van der Waals surface area (Å²) in [6.45, 7) is 2.33. The number of furan rings is 2. The van der Waals surface area contributed by atoms with E-state index in [2.05, 4.69) is 15.5 Å². The van der Waals surface area contributed by atoms with Gasteiger partial charge in [-0.1, -0.05) is 12.1 Å². The zero-order valence-electron chi connectivity index (χ0n) is 32.7. The fraction of sp³-hybridized carbons (Fsp3) is 0.200. The maximum atomic E-state index is 13.3. The van der Waals surface area contributed by atoms with Gasteiger partial charge in [-0.05, 0) is 85.7 Å². The summed E-state index contributed by atoms with van der Waals surface area (Å²) in [7, 11) is 0. The predicted molar refractivity (Wildman–Crippen MR) is 208 cm³/mol. The van der Waals surface area contributed by atoms with Crippen molar-refractivity contribution in [2.75, 3.05) is 11.1 Å². The second-order valence-corrected chi connectivity index (χ2v) is 13.0. The molecule has 0 saturated carbocycles. The lowest BCUT2D eigenvalue weighted by Crippen LogP contribution is -2.15. The maximum Gasteiger partial charge on any atom is 0.416 e. The molecule has 0 unspecified atom stereocenters. The van der Waals surface area contributed by atoms with Gasteiger partial charge in [-0.15, -0.1) is 12.4 Å². The predicted octanol–water partition coefficient (Wildman–Crippen LogP) is 11.2. The van der Waals surface area contributed by atoms with Gasteiger partial charge in [0.05, 0.1) is 70.6 Å². The van der Waals surface area contributed by atoms with Crippen LogP contribution in [0.2, 0.25) is 0 Å². The van der Waals surface area contributed by atoms with Crippen molar-refractivity contribution in [1.82, 2.24) is 19.6 Å². The van der Waals surface area contributed by atoms with Gasteiger partial charge in [-0.2, -0.15) is 62.9 Å². The number of carbonyl (C=O) groups is 2. The van der Waals surface area contributed by atoms with E-state index in [1.807, 2.05) is 0 Å². The first-order valence-electron chi connectivity index (χ1n) is 17.6. The van der Waals surface area contributed by atoms with Gasteiger partial charge >= 0.3 is 30.7 Å². The van der Waals surface area contributed by atoms with E-state index in [-0.39, 0.29) is 42.3 Å². The Morgan fingerprint density at radius 2 is 1.11 bits per heavy atom. The Labute approximate surface area is 359 Å². The number of benzene rings is 2. The Hall–Kier alpha value is -6.91. The molecule has 0 spiro atoms. The zero-order valence-corrected chi connectivity index (χ0v) is 33.5. The molecule has 0 radical (unpaired) electrons. The van der Waals surface area contributed by atoms with E-state index in [4.69, 9.17) is 19.7 Å². The van der Waals surface area contributed by atoms with Crippen molar-refractivity contribution in [3.63, 3.8) is 0 Å². The molecule has 64 heavy (non-hydrogen) atoms. The molecule has 0 aliphatic carbocycles. The Kier molecular flexibility index (Phi) is 16.9. The highest BCUT2D eigenvalue weighted by atomic mass is 35.5. The molecule has 0 fully saturated rings. The minimum Gasteiger partial charge on any atom is -0.478 e. The van der Waals surface area contributed by atoms with E-state index in [0.29, 0.717) is 40.7 Å². The van der Waals surface area contributed by atoms with E-state index in [9.17, 15) is 62.3 Å². The molecule has 24 heteroatoms. The van der Waals surface area contributed by atoms with Gasteiger partial charge in [0, 0.05) is 24.5 Å². The van der Waals surface area contributed by atoms with Crippen molar-refractivity contribution in [3.8, 4) is 0 Å².